The third-order valence-corrected chi connectivity index (χ3v) is 5.65. The van der Waals surface area contributed by atoms with Crippen molar-refractivity contribution in [3.05, 3.63) is 73.7 Å². The fourth-order valence-corrected chi connectivity index (χ4v) is 3.74. The zero-order valence-electron chi connectivity index (χ0n) is 14.0. The van der Waals surface area contributed by atoms with E-state index in [0.717, 1.165) is 26.5 Å². The van der Waals surface area contributed by atoms with Crippen molar-refractivity contribution in [1.29, 1.82) is 0 Å². The normalized spacial score (nSPS) is 16.3. The number of benzene rings is 2. The van der Waals surface area contributed by atoms with Gasteiger partial charge >= 0.3 is 0 Å². The van der Waals surface area contributed by atoms with Gasteiger partial charge in [0, 0.05) is 3.57 Å². The summed E-state index contributed by atoms with van der Waals surface area (Å²) in [5.74, 6) is 0.247. The zero-order chi connectivity index (χ0) is 18.0. The number of carbonyl (C=O) groups excluding carboxylic acids is 2. The van der Waals surface area contributed by atoms with Crippen LogP contribution in [0.5, 0.6) is 0 Å². The number of thioether (sulfide) groups is 1. The lowest BCUT2D eigenvalue weighted by molar-refractivity contribution is -0.123. The van der Waals surface area contributed by atoms with Crippen molar-refractivity contribution >= 4 is 51.6 Å². The van der Waals surface area contributed by atoms with Crippen molar-refractivity contribution in [3.8, 4) is 0 Å². The number of halogens is 1. The Balaban J connectivity index is 1.77. The minimum absolute atomic E-state index is 0.214. The number of nitrogens with zero attached hydrogens (tertiary/aromatic N) is 1. The summed E-state index contributed by atoms with van der Waals surface area (Å²) in [6.45, 7) is 4.60. The monoisotopic (exact) mass is 463 g/mol. The van der Waals surface area contributed by atoms with Gasteiger partial charge in [-0.2, -0.15) is 0 Å². The Labute approximate surface area is 165 Å². The van der Waals surface area contributed by atoms with E-state index in [0.29, 0.717) is 17.4 Å². The molecule has 0 unspecified atom stereocenters. The predicted octanol–water partition coefficient (Wildman–Crippen LogP) is 5.65. The fourth-order valence-electron chi connectivity index (χ4n) is 2.54. The zero-order valence-corrected chi connectivity index (χ0v) is 17.0. The van der Waals surface area contributed by atoms with Gasteiger partial charge in [-0.25, -0.2) is 0 Å². The molecule has 0 aromatic heterocycles. The highest BCUT2D eigenvalue weighted by molar-refractivity contribution is 14.1. The first-order valence-electron chi connectivity index (χ1n) is 8.04. The minimum atomic E-state index is -0.221. The third-order valence-electron chi connectivity index (χ3n) is 4.03. The standard InChI is InChI=1S/C20H18INO2S/c1-13(2)16-7-3-14(4-8-16)11-18-19(23)22(20(24)25-18)12-15-5-9-17(21)10-6-15/h3-11,13H,12H2,1-2H3/b18-11-. The van der Waals surface area contributed by atoms with Crippen LogP contribution >= 0.6 is 34.4 Å². The summed E-state index contributed by atoms with van der Waals surface area (Å²) in [6, 6.07) is 15.9. The van der Waals surface area contributed by atoms with Crippen molar-refractivity contribution < 1.29 is 9.59 Å². The Morgan fingerprint density at radius 3 is 2.28 bits per heavy atom. The van der Waals surface area contributed by atoms with E-state index in [9.17, 15) is 9.59 Å². The maximum absolute atomic E-state index is 12.6. The summed E-state index contributed by atoms with van der Waals surface area (Å²) < 4.78 is 1.13. The molecule has 0 N–H and O–H groups in total. The molecule has 0 atom stereocenters. The molecule has 2 aromatic rings. The van der Waals surface area contributed by atoms with Crippen LogP contribution in [0.15, 0.2) is 53.4 Å². The Kier molecular flexibility index (Phi) is 5.64. The van der Waals surface area contributed by atoms with E-state index < -0.39 is 0 Å². The first-order valence-corrected chi connectivity index (χ1v) is 9.93. The molecule has 0 spiro atoms. The molecule has 1 heterocycles. The highest BCUT2D eigenvalue weighted by Crippen LogP contribution is 2.33. The molecule has 1 saturated heterocycles. The molecular formula is C20H18INO2S. The molecule has 0 bridgehead atoms. The molecule has 1 aliphatic heterocycles. The predicted molar refractivity (Wildman–Crippen MR) is 111 cm³/mol. The van der Waals surface area contributed by atoms with Gasteiger partial charge in [-0.3, -0.25) is 14.5 Å². The fraction of sp³-hybridized carbons (Fsp3) is 0.200. The average Bonchev–Trinajstić information content (AvgIpc) is 2.85. The number of rotatable bonds is 4. The van der Waals surface area contributed by atoms with E-state index in [1.54, 1.807) is 6.08 Å². The number of hydrogen-bond donors (Lipinski definition) is 0. The van der Waals surface area contributed by atoms with Crippen LogP contribution in [0.2, 0.25) is 0 Å². The third kappa shape index (κ3) is 4.33. The summed E-state index contributed by atoms with van der Waals surface area (Å²) in [4.78, 5) is 26.6. The largest absolute Gasteiger partial charge is 0.293 e. The molecule has 1 aliphatic rings. The van der Waals surface area contributed by atoms with Crippen molar-refractivity contribution in [1.82, 2.24) is 4.90 Å². The first-order chi connectivity index (χ1) is 11.9. The van der Waals surface area contributed by atoms with Gasteiger partial charge in [0.05, 0.1) is 11.4 Å². The van der Waals surface area contributed by atoms with E-state index >= 15 is 0 Å². The molecular weight excluding hydrogens is 445 g/mol. The van der Waals surface area contributed by atoms with Crippen LogP contribution in [0, 0.1) is 3.57 Å². The van der Waals surface area contributed by atoms with E-state index in [2.05, 4.69) is 48.6 Å². The summed E-state index contributed by atoms with van der Waals surface area (Å²) in [6.07, 6.45) is 1.79. The molecule has 3 nitrogen and oxygen atoms in total. The topological polar surface area (TPSA) is 37.4 Å². The molecule has 1 fully saturated rings. The average molecular weight is 463 g/mol. The lowest BCUT2D eigenvalue weighted by atomic mass is 10.0. The van der Waals surface area contributed by atoms with Gasteiger partial charge in [-0.05, 0) is 75.2 Å². The van der Waals surface area contributed by atoms with Gasteiger partial charge in [-0.15, -0.1) is 0 Å². The van der Waals surface area contributed by atoms with Crippen molar-refractivity contribution in [2.45, 2.75) is 26.3 Å². The van der Waals surface area contributed by atoms with Gasteiger partial charge in [0.1, 0.15) is 0 Å². The second kappa shape index (κ2) is 7.74. The smallest absolute Gasteiger partial charge is 0.268 e. The minimum Gasteiger partial charge on any atom is -0.268 e. The van der Waals surface area contributed by atoms with E-state index in [-0.39, 0.29) is 11.1 Å². The molecule has 0 saturated carbocycles. The first kappa shape index (κ1) is 18.2. The van der Waals surface area contributed by atoms with Gasteiger partial charge in [0.15, 0.2) is 0 Å². The van der Waals surface area contributed by atoms with Crippen LogP contribution in [-0.4, -0.2) is 16.0 Å². The Hall–Kier alpha value is -1.60. The van der Waals surface area contributed by atoms with Gasteiger partial charge in [-0.1, -0.05) is 50.2 Å². The molecule has 2 aromatic carbocycles. The summed E-state index contributed by atoms with van der Waals surface area (Å²) in [7, 11) is 0. The highest BCUT2D eigenvalue weighted by atomic mass is 127. The molecule has 5 heteroatoms. The van der Waals surface area contributed by atoms with Gasteiger partial charge in [0.2, 0.25) is 0 Å². The molecule has 25 heavy (non-hydrogen) atoms. The van der Waals surface area contributed by atoms with Crippen molar-refractivity contribution in [2.75, 3.05) is 0 Å². The van der Waals surface area contributed by atoms with Crippen LogP contribution in [-0.2, 0) is 11.3 Å². The van der Waals surface area contributed by atoms with Crippen LogP contribution in [0.3, 0.4) is 0 Å². The summed E-state index contributed by atoms with van der Waals surface area (Å²) >= 11 is 3.24. The van der Waals surface area contributed by atoms with Gasteiger partial charge in [0.25, 0.3) is 11.1 Å². The van der Waals surface area contributed by atoms with Crippen LogP contribution in [0.1, 0.15) is 36.5 Å². The van der Waals surface area contributed by atoms with Crippen LogP contribution < -0.4 is 0 Å². The lowest BCUT2D eigenvalue weighted by Gasteiger charge is -2.12. The Morgan fingerprint density at radius 1 is 1.04 bits per heavy atom. The second-order valence-corrected chi connectivity index (χ2v) is 8.45. The number of hydrogen-bond acceptors (Lipinski definition) is 3. The number of imide groups is 1. The maximum Gasteiger partial charge on any atom is 0.293 e. The molecule has 3 rings (SSSR count). The second-order valence-electron chi connectivity index (χ2n) is 6.22. The van der Waals surface area contributed by atoms with E-state index in [1.165, 1.54) is 10.5 Å². The number of amides is 2. The Morgan fingerprint density at radius 2 is 1.68 bits per heavy atom. The lowest BCUT2D eigenvalue weighted by Crippen LogP contribution is -2.27. The highest BCUT2D eigenvalue weighted by Gasteiger charge is 2.34. The van der Waals surface area contributed by atoms with E-state index in [4.69, 9.17) is 0 Å². The number of carbonyl (C=O) groups is 2. The van der Waals surface area contributed by atoms with Crippen LogP contribution in [0.4, 0.5) is 4.79 Å². The molecule has 0 radical (unpaired) electrons. The van der Waals surface area contributed by atoms with Crippen molar-refractivity contribution in [2.24, 2.45) is 0 Å². The SMILES string of the molecule is CC(C)c1ccc(/C=C2\SC(=O)N(Cc3ccc(I)cc3)C2=O)cc1. The summed E-state index contributed by atoms with van der Waals surface area (Å²) in [5.41, 5.74) is 3.14. The maximum atomic E-state index is 12.6. The van der Waals surface area contributed by atoms with E-state index in [1.807, 2.05) is 36.4 Å². The molecule has 128 valence electrons. The van der Waals surface area contributed by atoms with Gasteiger partial charge < -0.3 is 0 Å². The van der Waals surface area contributed by atoms with Crippen molar-refractivity contribution in [3.63, 3.8) is 0 Å². The summed E-state index contributed by atoms with van der Waals surface area (Å²) in [5, 5.41) is -0.214. The quantitative estimate of drug-likeness (QED) is 0.435. The van der Waals surface area contributed by atoms with Crippen LogP contribution in [0.25, 0.3) is 6.08 Å². The molecule has 0 aliphatic carbocycles. The Bertz CT molecular complexity index is 826. The molecule has 2 amide bonds.